The summed E-state index contributed by atoms with van der Waals surface area (Å²) in [6, 6.07) is 23.5. The molecule has 0 aliphatic carbocycles. The predicted octanol–water partition coefficient (Wildman–Crippen LogP) is 5.62. The zero-order valence-corrected chi connectivity index (χ0v) is 19.3. The van der Waals surface area contributed by atoms with Crippen LogP contribution in [0.2, 0.25) is 0 Å². The van der Waals surface area contributed by atoms with E-state index in [4.69, 9.17) is 4.52 Å². The van der Waals surface area contributed by atoms with Gasteiger partial charge in [0, 0.05) is 34.3 Å². The Hall–Kier alpha value is -4.44. The van der Waals surface area contributed by atoms with Crippen molar-refractivity contribution in [3.63, 3.8) is 0 Å². The maximum atomic E-state index is 13.1. The molecule has 0 bridgehead atoms. The van der Waals surface area contributed by atoms with Crippen molar-refractivity contribution in [2.45, 2.75) is 17.1 Å². The van der Waals surface area contributed by atoms with E-state index in [0.29, 0.717) is 17.3 Å². The van der Waals surface area contributed by atoms with Crippen LogP contribution in [0.1, 0.15) is 26.9 Å². The predicted molar refractivity (Wildman–Crippen MR) is 132 cm³/mol. The van der Waals surface area contributed by atoms with Crippen LogP contribution in [-0.4, -0.2) is 21.9 Å². The van der Waals surface area contributed by atoms with Gasteiger partial charge >= 0.3 is 0 Å². The molecule has 176 valence electrons. The molecule has 0 aliphatic heterocycles. The molecule has 0 saturated carbocycles. The fourth-order valence-corrected chi connectivity index (χ4v) is 4.26. The number of non-ortho nitro benzene ring substituents is 1. The molecule has 2 amide bonds. The van der Waals surface area contributed by atoms with Gasteiger partial charge < -0.3 is 15.2 Å². The number of nitro benzene ring substituents is 1. The minimum atomic E-state index is -0.557. The molecule has 2 N–H and O–H groups in total. The fraction of sp³-hybridized carbons (Fsp3) is 0.0800. The highest BCUT2D eigenvalue weighted by molar-refractivity contribution is 8.00. The summed E-state index contributed by atoms with van der Waals surface area (Å²) in [5.41, 5.74) is 1.36. The lowest BCUT2D eigenvalue weighted by Gasteiger charge is -2.16. The third-order valence-corrected chi connectivity index (χ3v) is 6.17. The molecule has 1 aromatic heterocycles. The number of carbonyl (C=O) groups excluding carboxylic acids is 2. The summed E-state index contributed by atoms with van der Waals surface area (Å²) in [4.78, 5) is 36.8. The largest absolute Gasteiger partial charge is 0.360 e. The number of nitro groups is 1. The molecule has 0 saturated heterocycles. The van der Waals surface area contributed by atoms with Gasteiger partial charge in [-0.2, -0.15) is 0 Å². The molecule has 35 heavy (non-hydrogen) atoms. The Labute approximate surface area is 204 Å². The van der Waals surface area contributed by atoms with E-state index in [1.807, 2.05) is 30.3 Å². The molecule has 1 heterocycles. The van der Waals surface area contributed by atoms with Crippen molar-refractivity contribution in [2.75, 3.05) is 10.6 Å². The number of benzene rings is 3. The highest BCUT2D eigenvalue weighted by atomic mass is 32.2. The first-order valence-corrected chi connectivity index (χ1v) is 11.4. The number of thioether (sulfide) groups is 1. The minimum Gasteiger partial charge on any atom is -0.360 e. The number of nitrogens with zero attached hydrogens (tertiary/aromatic N) is 2. The normalized spacial score (nSPS) is 11.5. The van der Waals surface area contributed by atoms with Crippen LogP contribution in [0.25, 0.3) is 0 Å². The number of nitrogens with one attached hydrogen (secondary N) is 2. The quantitative estimate of drug-likeness (QED) is 0.187. The second-order valence-corrected chi connectivity index (χ2v) is 8.69. The van der Waals surface area contributed by atoms with Gasteiger partial charge in [0.15, 0.2) is 5.82 Å². The average molecular weight is 489 g/mol. The molecule has 0 aliphatic rings. The Morgan fingerprint density at radius 1 is 0.971 bits per heavy atom. The van der Waals surface area contributed by atoms with Crippen LogP contribution < -0.4 is 10.6 Å². The van der Waals surface area contributed by atoms with Crippen LogP contribution in [0.15, 0.2) is 94.3 Å². The number of anilines is 2. The lowest BCUT2D eigenvalue weighted by molar-refractivity contribution is -0.384. The average Bonchev–Trinajstić information content (AvgIpc) is 3.28. The van der Waals surface area contributed by atoms with Gasteiger partial charge in [-0.05, 0) is 42.8 Å². The number of carbonyl (C=O) groups is 2. The molecule has 0 fully saturated rings. The van der Waals surface area contributed by atoms with E-state index in [1.54, 1.807) is 37.3 Å². The van der Waals surface area contributed by atoms with Gasteiger partial charge in [0.25, 0.3) is 11.6 Å². The first-order valence-electron chi connectivity index (χ1n) is 10.5. The third-order valence-electron chi connectivity index (χ3n) is 4.90. The summed E-state index contributed by atoms with van der Waals surface area (Å²) in [6.45, 7) is 1.74. The molecule has 1 atom stereocenters. The molecule has 3 aromatic carbocycles. The second-order valence-electron chi connectivity index (χ2n) is 7.51. The van der Waals surface area contributed by atoms with E-state index in [1.165, 1.54) is 36.0 Å². The monoisotopic (exact) mass is 488 g/mol. The van der Waals surface area contributed by atoms with Gasteiger partial charge in [-0.15, -0.1) is 11.8 Å². The van der Waals surface area contributed by atoms with Gasteiger partial charge in [0.05, 0.1) is 4.92 Å². The fourth-order valence-electron chi connectivity index (χ4n) is 3.23. The van der Waals surface area contributed by atoms with Crippen molar-refractivity contribution in [1.29, 1.82) is 0 Å². The first kappa shape index (κ1) is 23.7. The zero-order valence-electron chi connectivity index (χ0n) is 18.5. The molecule has 9 nitrogen and oxygen atoms in total. The smallest absolute Gasteiger partial charge is 0.270 e. The molecule has 10 heteroatoms. The number of rotatable bonds is 8. The molecule has 0 spiro atoms. The molecule has 1 unspecified atom stereocenters. The second kappa shape index (κ2) is 10.7. The Morgan fingerprint density at radius 2 is 1.71 bits per heavy atom. The van der Waals surface area contributed by atoms with Crippen molar-refractivity contribution in [1.82, 2.24) is 5.16 Å². The van der Waals surface area contributed by atoms with Crippen molar-refractivity contribution < 1.29 is 19.0 Å². The Kier molecular flexibility index (Phi) is 7.22. The molecular formula is C25H20N4O5S. The summed E-state index contributed by atoms with van der Waals surface area (Å²) in [6.07, 6.45) is 0. The molecule has 4 aromatic rings. The molecule has 4 rings (SSSR count). The number of aryl methyl sites for hydroxylation is 1. The molecule has 0 radical (unpaired) electrons. The Morgan fingerprint density at radius 3 is 2.37 bits per heavy atom. The van der Waals surface area contributed by atoms with Crippen LogP contribution in [-0.2, 0) is 4.79 Å². The summed E-state index contributed by atoms with van der Waals surface area (Å²) in [7, 11) is 0. The zero-order chi connectivity index (χ0) is 24.8. The Balaban J connectivity index is 1.47. The topological polar surface area (TPSA) is 127 Å². The minimum absolute atomic E-state index is 0.157. The summed E-state index contributed by atoms with van der Waals surface area (Å²) in [5.74, 6) is 0.219. The lowest BCUT2D eigenvalue weighted by atomic mass is 10.1. The van der Waals surface area contributed by atoms with Gasteiger partial charge in [0.2, 0.25) is 5.91 Å². The van der Waals surface area contributed by atoms with Gasteiger partial charge in [0.1, 0.15) is 11.0 Å². The lowest BCUT2D eigenvalue weighted by Crippen LogP contribution is -2.19. The summed E-state index contributed by atoms with van der Waals surface area (Å²) in [5, 5.41) is 19.7. The van der Waals surface area contributed by atoms with E-state index >= 15 is 0 Å². The van der Waals surface area contributed by atoms with Gasteiger partial charge in [-0.1, -0.05) is 41.6 Å². The molecular weight excluding hydrogens is 468 g/mol. The van der Waals surface area contributed by atoms with E-state index in [9.17, 15) is 19.7 Å². The van der Waals surface area contributed by atoms with E-state index in [-0.39, 0.29) is 17.2 Å². The van der Waals surface area contributed by atoms with Crippen LogP contribution in [0.4, 0.5) is 17.2 Å². The SMILES string of the molecule is Cc1cc(NC(=O)C(Sc2ccc(NC(=O)c3cccc([N+](=O)[O-])c3)cc2)c2ccccc2)no1. The van der Waals surface area contributed by atoms with Crippen molar-refractivity contribution in [3.8, 4) is 0 Å². The van der Waals surface area contributed by atoms with Crippen molar-refractivity contribution >= 4 is 40.8 Å². The van der Waals surface area contributed by atoms with Gasteiger partial charge in [-0.25, -0.2) is 0 Å². The van der Waals surface area contributed by atoms with Crippen molar-refractivity contribution in [2.24, 2.45) is 0 Å². The standard InChI is InChI=1S/C25H20N4O5S/c1-16-14-22(28-34-16)27-25(31)23(17-6-3-2-4-7-17)35-21-12-10-19(11-13-21)26-24(30)18-8-5-9-20(15-18)29(32)33/h2-15,23H,1H3,(H,26,30)(H,27,28,31). The summed E-state index contributed by atoms with van der Waals surface area (Å²) >= 11 is 1.35. The number of aromatic nitrogens is 1. The number of amides is 2. The maximum absolute atomic E-state index is 13.1. The third kappa shape index (κ3) is 6.12. The summed E-state index contributed by atoms with van der Waals surface area (Å²) < 4.78 is 5.02. The van der Waals surface area contributed by atoms with E-state index in [2.05, 4.69) is 15.8 Å². The number of hydrogen-bond acceptors (Lipinski definition) is 7. The van der Waals surface area contributed by atoms with Gasteiger partial charge in [-0.3, -0.25) is 19.7 Å². The maximum Gasteiger partial charge on any atom is 0.270 e. The van der Waals surface area contributed by atoms with E-state index < -0.39 is 16.1 Å². The van der Waals surface area contributed by atoms with E-state index in [0.717, 1.165) is 10.5 Å². The Bertz CT molecular complexity index is 1360. The number of hydrogen-bond donors (Lipinski definition) is 2. The van der Waals surface area contributed by atoms with Crippen LogP contribution in [0.5, 0.6) is 0 Å². The highest BCUT2D eigenvalue weighted by Gasteiger charge is 2.23. The van der Waals surface area contributed by atoms with Crippen molar-refractivity contribution in [3.05, 3.63) is 112 Å². The van der Waals surface area contributed by atoms with Crippen LogP contribution in [0, 0.1) is 17.0 Å². The first-order chi connectivity index (χ1) is 16.9. The highest BCUT2D eigenvalue weighted by Crippen LogP contribution is 2.36. The van der Waals surface area contributed by atoms with Crippen LogP contribution in [0.3, 0.4) is 0 Å². The van der Waals surface area contributed by atoms with Crippen LogP contribution >= 0.6 is 11.8 Å².